The number of nitro benzene ring substituents is 1. The molecule has 0 saturated carbocycles. The summed E-state index contributed by atoms with van der Waals surface area (Å²) in [7, 11) is 2.10. The van der Waals surface area contributed by atoms with Crippen LogP contribution >= 0.6 is 0 Å². The fraction of sp³-hybridized carbons (Fsp3) is 0.500. The molecule has 1 aliphatic rings. The Bertz CT molecular complexity index is 538. The summed E-state index contributed by atoms with van der Waals surface area (Å²) < 4.78 is 0. The maximum atomic E-state index is 10.7. The SMILES string of the molecule is CN1CCCCC1CNc1ccc([N+](=O)[O-])cc1C#N. The van der Waals surface area contributed by atoms with E-state index >= 15 is 0 Å². The average molecular weight is 274 g/mol. The number of likely N-dealkylation sites (N-methyl/N-ethyl adjacent to an activating group) is 1. The van der Waals surface area contributed by atoms with Crippen LogP contribution in [0.3, 0.4) is 0 Å². The van der Waals surface area contributed by atoms with Crippen molar-refractivity contribution >= 4 is 11.4 Å². The van der Waals surface area contributed by atoms with Crippen LogP contribution in [0.4, 0.5) is 11.4 Å². The van der Waals surface area contributed by atoms with Crippen molar-refractivity contribution in [1.82, 2.24) is 4.90 Å². The molecule has 6 nitrogen and oxygen atoms in total. The van der Waals surface area contributed by atoms with Gasteiger partial charge in [0.1, 0.15) is 6.07 Å². The quantitative estimate of drug-likeness (QED) is 0.673. The van der Waals surface area contributed by atoms with Crippen molar-refractivity contribution in [2.24, 2.45) is 0 Å². The Kier molecular flexibility index (Phi) is 4.53. The van der Waals surface area contributed by atoms with Gasteiger partial charge in [0.25, 0.3) is 5.69 Å². The molecule has 1 N–H and O–H groups in total. The number of non-ortho nitro benzene ring substituents is 1. The third-order valence-corrected chi connectivity index (χ3v) is 3.78. The van der Waals surface area contributed by atoms with E-state index in [1.807, 2.05) is 6.07 Å². The molecule has 0 radical (unpaired) electrons. The van der Waals surface area contributed by atoms with Gasteiger partial charge in [-0.2, -0.15) is 5.26 Å². The van der Waals surface area contributed by atoms with Crippen molar-refractivity contribution in [1.29, 1.82) is 5.26 Å². The first-order valence-electron chi connectivity index (χ1n) is 6.74. The van der Waals surface area contributed by atoms with Gasteiger partial charge in [0.15, 0.2) is 0 Å². The zero-order valence-corrected chi connectivity index (χ0v) is 11.5. The van der Waals surface area contributed by atoms with Crippen LogP contribution in [-0.2, 0) is 0 Å². The molecule has 1 unspecified atom stereocenters. The molecule has 1 heterocycles. The number of nitriles is 1. The highest BCUT2D eigenvalue weighted by Crippen LogP contribution is 2.22. The second kappa shape index (κ2) is 6.35. The van der Waals surface area contributed by atoms with Crippen LogP contribution in [0.25, 0.3) is 0 Å². The predicted octanol–water partition coefficient (Wildman–Crippen LogP) is 2.36. The Labute approximate surface area is 118 Å². The summed E-state index contributed by atoms with van der Waals surface area (Å²) in [5.74, 6) is 0. The number of hydrogen-bond donors (Lipinski definition) is 1. The number of piperidine rings is 1. The van der Waals surface area contributed by atoms with Crippen molar-refractivity contribution < 1.29 is 4.92 Å². The molecule has 1 aliphatic heterocycles. The lowest BCUT2D eigenvalue weighted by molar-refractivity contribution is -0.384. The van der Waals surface area contributed by atoms with Crippen molar-refractivity contribution in [3.63, 3.8) is 0 Å². The number of nitro groups is 1. The summed E-state index contributed by atoms with van der Waals surface area (Å²) in [6.45, 7) is 1.85. The highest BCUT2D eigenvalue weighted by atomic mass is 16.6. The highest BCUT2D eigenvalue weighted by molar-refractivity contribution is 5.61. The largest absolute Gasteiger partial charge is 0.382 e. The van der Waals surface area contributed by atoms with Gasteiger partial charge in [-0.3, -0.25) is 10.1 Å². The van der Waals surface area contributed by atoms with E-state index in [-0.39, 0.29) is 5.69 Å². The zero-order valence-electron chi connectivity index (χ0n) is 11.5. The Balaban J connectivity index is 2.05. The number of anilines is 1. The molecule has 1 saturated heterocycles. The number of likely N-dealkylation sites (tertiary alicyclic amines) is 1. The van der Waals surface area contributed by atoms with Crippen LogP contribution in [0, 0.1) is 21.4 Å². The minimum atomic E-state index is -0.487. The third-order valence-electron chi connectivity index (χ3n) is 3.78. The second-order valence-corrected chi connectivity index (χ2v) is 5.11. The van der Waals surface area contributed by atoms with Gasteiger partial charge in [-0.05, 0) is 32.5 Å². The van der Waals surface area contributed by atoms with Crippen LogP contribution in [0.2, 0.25) is 0 Å². The third kappa shape index (κ3) is 3.25. The zero-order chi connectivity index (χ0) is 14.5. The summed E-state index contributed by atoms with van der Waals surface area (Å²) >= 11 is 0. The Morgan fingerprint density at radius 1 is 1.55 bits per heavy atom. The Hall–Kier alpha value is -2.13. The van der Waals surface area contributed by atoms with Crippen LogP contribution in [-0.4, -0.2) is 36.0 Å². The molecule has 20 heavy (non-hydrogen) atoms. The smallest absolute Gasteiger partial charge is 0.270 e. The first-order chi connectivity index (χ1) is 9.61. The van der Waals surface area contributed by atoms with E-state index < -0.39 is 4.92 Å². The molecular weight excluding hydrogens is 256 g/mol. The van der Waals surface area contributed by atoms with E-state index in [2.05, 4.69) is 17.3 Å². The van der Waals surface area contributed by atoms with E-state index in [0.717, 1.165) is 19.5 Å². The molecule has 1 aromatic carbocycles. The minimum Gasteiger partial charge on any atom is -0.382 e. The monoisotopic (exact) mass is 274 g/mol. The van der Waals surface area contributed by atoms with E-state index in [1.165, 1.54) is 25.0 Å². The van der Waals surface area contributed by atoms with Crippen molar-refractivity contribution in [2.75, 3.05) is 25.5 Å². The van der Waals surface area contributed by atoms with E-state index in [4.69, 9.17) is 5.26 Å². The average Bonchev–Trinajstić information content (AvgIpc) is 2.46. The summed E-state index contributed by atoms with van der Waals surface area (Å²) in [5.41, 5.74) is 0.927. The molecule has 106 valence electrons. The van der Waals surface area contributed by atoms with Gasteiger partial charge < -0.3 is 10.2 Å². The topological polar surface area (TPSA) is 82.2 Å². The maximum Gasteiger partial charge on any atom is 0.270 e. The molecule has 1 aromatic rings. The van der Waals surface area contributed by atoms with Crippen LogP contribution in [0.5, 0.6) is 0 Å². The summed E-state index contributed by atoms with van der Waals surface area (Å²) in [5, 5.41) is 23.0. The van der Waals surface area contributed by atoms with E-state index in [9.17, 15) is 10.1 Å². The first kappa shape index (κ1) is 14.3. The van der Waals surface area contributed by atoms with Gasteiger partial charge >= 0.3 is 0 Å². The summed E-state index contributed by atoms with van der Waals surface area (Å²) in [6, 6.07) is 6.81. The van der Waals surface area contributed by atoms with Crippen LogP contribution < -0.4 is 5.32 Å². The first-order valence-corrected chi connectivity index (χ1v) is 6.74. The minimum absolute atomic E-state index is 0.0538. The van der Waals surface area contributed by atoms with Crippen LogP contribution in [0.1, 0.15) is 24.8 Å². The molecule has 2 rings (SSSR count). The standard InChI is InChI=1S/C14H18N4O2/c1-17-7-3-2-4-13(17)10-16-14-6-5-12(18(19)20)8-11(14)9-15/h5-6,8,13,16H,2-4,7,10H2,1H3. The van der Waals surface area contributed by atoms with Gasteiger partial charge in [-0.25, -0.2) is 0 Å². The summed E-state index contributed by atoms with van der Waals surface area (Å²) in [4.78, 5) is 12.5. The number of nitrogens with zero attached hydrogens (tertiary/aromatic N) is 3. The van der Waals surface area contributed by atoms with E-state index in [1.54, 1.807) is 6.07 Å². The summed E-state index contributed by atoms with van der Waals surface area (Å²) in [6.07, 6.45) is 3.59. The van der Waals surface area contributed by atoms with E-state index in [0.29, 0.717) is 17.3 Å². The van der Waals surface area contributed by atoms with Gasteiger partial charge in [-0.1, -0.05) is 6.42 Å². The Morgan fingerprint density at radius 2 is 2.35 bits per heavy atom. The molecule has 1 fully saturated rings. The normalized spacial score (nSPS) is 19.3. The molecule has 6 heteroatoms. The van der Waals surface area contributed by atoms with Crippen molar-refractivity contribution in [3.05, 3.63) is 33.9 Å². The lowest BCUT2D eigenvalue weighted by atomic mass is 10.0. The number of benzene rings is 1. The fourth-order valence-corrected chi connectivity index (χ4v) is 2.52. The predicted molar refractivity (Wildman–Crippen MR) is 76.6 cm³/mol. The van der Waals surface area contributed by atoms with Crippen molar-refractivity contribution in [2.45, 2.75) is 25.3 Å². The van der Waals surface area contributed by atoms with Crippen molar-refractivity contribution in [3.8, 4) is 6.07 Å². The van der Waals surface area contributed by atoms with Crippen LogP contribution in [0.15, 0.2) is 18.2 Å². The molecular formula is C14H18N4O2. The van der Waals surface area contributed by atoms with Gasteiger partial charge in [0.2, 0.25) is 0 Å². The maximum absolute atomic E-state index is 10.7. The fourth-order valence-electron chi connectivity index (χ4n) is 2.52. The van der Waals surface area contributed by atoms with Gasteiger partial charge in [-0.15, -0.1) is 0 Å². The molecule has 0 spiro atoms. The van der Waals surface area contributed by atoms with Gasteiger partial charge in [0, 0.05) is 24.7 Å². The molecule has 0 aromatic heterocycles. The molecule has 1 atom stereocenters. The van der Waals surface area contributed by atoms with Gasteiger partial charge in [0.05, 0.1) is 16.2 Å². The lowest BCUT2D eigenvalue weighted by Crippen LogP contribution is -2.40. The molecule has 0 aliphatic carbocycles. The Morgan fingerprint density at radius 3 is 3.00 bits per heavy atom. The number of hydrogen-bond acceptors (Lipinski definition) is 5. The number of nitrogens with one attached hydrogen (secondary N) is 1. The molecule has 0 amide bonds. The highest BCUT2D eigenvalue weighted by Gasteiger charge is 2.19. The molecule has 0 bridgehead atoms. The second-order valence-electron chi connectivity index (χ2n) is 5.11. The number of rotatable bonds is 4. The lowest BCUT2D eigenvalue weighted by Gasteiger charge is -2.32.